The molecule has 1 nitrogen and oxygen atoms in total. The minimum atomic E-state index is 0.378. The number of hydrogen-bond donors (Lipinski definition) is 0. The molecule has 2 aliphatic carbocycles. The Bertz CT molecular complexity index is 331. The first-order chi connectivity index (χ1) is 10.0. The summed E-state index contributed by atoms with van der Waals surface area (Å²) in [5.74, 6) is 2.69. The predicted molar refractivity (Wildman–Crippen MR) is 97.0 cm³/mol. The van der Waals surface area contributed by atoms with E-state index in [0.717, 1.165) is 24.7 Å². The third-order valence-corrected chi connectivity index (χ3v) is 6.24. The Hall–Kier alpha value is -0.330. The Kier molecular flexibility index (Phi) is 7.15. The Labute approximate surface area is 139 Å². The van der Waals surface area contributed by atoms with Crippen LogP contribution in [0.15, 0.2) is 0 Å². The van der Waals surface area contributed by atoms with Gasteiger partial charge in [-0.2, -0.15) is 0 Å². The quantitative estimate of drug-likeness (QED) is 0.558. The van der Waals surface area contributed by atoms with Crippen molar-refractivity contribution in [3.63, 3.8) is 0 Å². The topological polar surface area (TPSA) is 17.1 Å². The van der Waals surface area contributed by atoms with E-state index in [0.29, 0.717) is 22.5 Å². The van der Waals surface area contributed by atoms with Gasteiger partial charge in [0.05, 0.1) is 0 Å². The third kappa shape index (κ3) is 6.84. The van der Waals surface area contributed by atoms with E-state index in [4.69, 9.17) is 0 Å². The standard InChI is InChI=1S/C11H22.C10H18O/c1-9(2)10-5-7-11(3,4)8-6-10;1-8(11)9-4-6-10(2,3)7-5-9/h9-10H,5-8H2,1-4H3;9H,4-7H2,1-3H3. The van der Waals surface area contributed by atoms with Gasteiger partial charge in [0, 0.05) is 5.92 Å². The normalized spacial score (nSPS) is 25.5. The first-order valence-corrected chi connectivity index (χ1v) is 9.53. The zero-order valence-electron chi connectivity index (χ0n) is 16.3. The minimum absolute atomic E-state index is 0.378. The maximum absolute atomic E-state index is 11.0. The van der Waals surface area contributed by atoms with Crippen LogP contribution in [0.2, 0.25) is 0 Å². The number of ketones is 1. The molecule has 22 heavy (non-hydrogen) atoms. The van der Waals surface area contributed by atoms with Gasteiger partial charge >= 0.3 is 0 Å². The average molecular weight is 309 g/mol. The molecule has 2 saturated carbocycles. The van der Waals surface area contributed by atoms with Gasteiger partial charge in [0.2, 0.25) is 0 Å². The largest absolute Gasteiger partial charge is 0.300 e. The zero-order valence-corrected chi connectivity index (χ0v) is 16.3. The second kappa shape index (κ2) is 7.97. The van der Waals surface area contributed by atoms with E-state index in [1.165, 1.54) is 38.5 Å². The van der Waals surface area contributed by atoms with Gasteiger partial charge in [-0.1, -0.05) is 41.5 Å². The van der Waals surface area contributed by atoms with Crippen molar-refractivity contribution < 1.29 is 4.79 Å². The summed E-state index contributed by atoms with van der Waals surface area (Å²) in [4.78, 5) is 11.0. The Morgan fingerprint density at radius 3 is 1.50 bits per heavy atom. The molecule has 0 unspecified atom stereocenters. The Morgan fingerprint density at radius 1 is 0.818 bits per heavy atom. The van der Waals surface area contributed by atoms with Gasteiger partial charge in [-0.15, -0.1) is 0 Å². The van der Waals surface area contributed by atoms with Crippen LogP contribution in [-0.2, 0) is 4.79 Å². The molecule has 1 heteroatoms. The Morgan fingerprint density at radius 2 is 1.18 bits per heavy atom. The number of rotatable bonds is 2. The zero-order chi connectivity index (χ0) is 17.0. The molecule has 0 heterocycles. The molecule has 0 spiro atoms. The molecule has 0 aromatic rings. The first-order valence-electron chi connectivity index (χ1n) is 9.53. The smallest absolute Gasteiger partial charge is 0.132 e. The molecule has 0 aromatic heterocycles. The van der Waals surface area contributed by atoms with Crippen LogP contribution in [0, 0.1) is 28.6 Å². The second-order valence-corrected chi connectivity index (χ2v) is 9.79. The highest BCUT2D eigenvalue weighted by Gasteiger charge is 2.29. The highest BCUT2D eigenvalue weighted by molar-refractivity contribution is 5.78. The highest BCUT2D eigenvalue weighted by atomic mass is 16.1. The van der Waals surface area contributed by atoms with Crippen molar-refractivity contribution >= 4 is 5.78 Å². The number of hydrogen-bond acceptors (Lipinski definition) is 1. The lowest BCUT2D eigenvalue weighted by Crippen LogP contribution is -2.24. The van der Waals surface area contributed by atoms with Crippen molar-refractivity contribution in [1.82, 2.24) is 0 Å². The monoisotopic (exact) mass is 308 g/mol. The highest BCUT2D eigenvalue weighted by Crippen LogP contribution is 2.40. The predicted octanol–water partition coefficient (Wildman–Crippen LogP) is 6.65. The maximum Gasteiger partial charge on any atom is 0.132 e. The van der Waals surface area contributed by atoms with Gasteiger partial charge in [-0.25, -0.2) is 0 Å². The summed E-state index contributed by atoms with van der Waals surface area (Å²) in [6, 6.07) is 0. The second-order valence-electron chi connectivity index (χ2n) is 9.79. The van der Waals surface area contributed by atoms with Crippen molar-refractivity contribution in [2.45, 2.75) is 99.8 Å². The lowest BCUT2D eigenvalue weighted by atomic mass is 9.70. The molecule has 0 radical (unpaired) electrons. The molecule has 0 atom stereocenters. The average Bonchev–Trinajstić information content (AvgIpc) is 2.38. The van der Waals surface area contributed by atoms with E-state index in [1.807, 2.05) is 0 Å². The van der Waals surface area contributed by atoms with E-state index in [9.17, 15) is 4.79 Å². The molecule has 2 fully saturated rings. The number of Topliss-reactive ketones (excluding diaryl/α,β-unsaturated/α-hetero) is 1. The summed E-state index contributed by atoms with van der Waals surface area (Å²) < 4.78 is 0. The van der Waals surface area contributed by atoms with Crippen LogP contribution in [0.1, 0.15) is 99.8 Å². The number of carbonyl (C=O) groups is 1. The van der Waals surface area contributed by atoms with Crippen molar-refractivity contribution in [2.24, 2.45) is 28.6 Å². The van der Waals surface area contributed by atoms with Gasteiger partial charge in [-0.05, 0) is 81.0 Å². The molecular formula is C21H40O. The van der Waals surface area contributed by atoms with Crippen molar-refractivity contribution in [3.8, 4) is 0 Å². The summed E-state index contributed by atoms with van der Waals surface area (Å²) in [6.45, 7) is 15.9. The number of carbonyl (C=O) groups excluding carboxylic acids is 1. The van der Waals surface area contributed by atoms with Crippen LogP contribution >= 0.6 is 0 Å². The summed E-state index contributed by atoms with van der Waals surface area (Å²) in [5.41, 5.74) is 1.14. The van der Waals surface area contributed by atoms with Crippen molar-refractivity contribution in [1.29, 1.82) is 0 Å². The summed E-state index contributed by atoms with van der Waals surface area (Å²) in [5, 5.41) is 0. The van der Waals surface area contributed by atoms with Crippen LogP contribution < -0.4 is 0 Å². The molecule has 2 rings (SSSR count). The van der Waals surface area contributed by atoms with Crippen molar-refractivity contribution in [3.05, 3.63) is 0 Å². The van der Waals surface area contributed by atoms with E-state index in [1.54, 1.807) is 6.92 Å². The summed E-state index contributed by atoms with van der Waals surface area (Å²) in [7, 11) is 0. The maximum atomic E-state index is 11.0. The molecule has 0 saturated heterocycles. The van der Waals surface area contributed by atoms with Crippen LogP contribution in [0.5, 0.6) is 0 Å². The van der Waals surface area contributed by atoms with E-state index >= 15 is 0 Å². The van der Waals surface area contributed by atoms with Gasteiger partial charge in [-0.3, -0.25) is 4.79 Å². The molecular weight excluding hydrogens is 268 g/mol. The molecule has 0 aliphatic heterocycles. The van der Waals surface area contributed by atoms with Gasteiger partial charge < -0.3 is 0 Å². The Balaban J connectivity index is 0.000000220. The lowest BCUT2D eigenvalue weighted by molar-refractivity contribution is -0.122. The van der Waals surface area contributed by atoms with Gasteiger partial charge in [0.1, 0.15) is 5.78 Å². The molecule has 130 valence electrons. The van der Waals surface area contributed by atoms with Crippen LogP contribution in [0.25, 0.3) is 0 Å². The minimum Gasteiger partial charge on any atom is -0.300 e. The van der Waals surface area contributed by atoms with Crippen molar-refractivity contribution in [2.75, 3.05) is 0 Å². The molecule has 0 N–H and O–H groups in total. The molecule has 0 amide bonds. The SMILES string of the molecule is CC(=O)C1CCC(C)(C)CC1.CC(C)C1CCC(C)(C)CC1. The molecule has 0 aromatic carbocycles. The van der Waals surface area contributed by atoms with E-state index in [2.05, 4.69) is 41.5 Å². The first kappa shape index (κ1) is 19.7. The molecule has 0 bridgehead atoms. The fourth-order valence-corrected chi connectivity index (χ4v) is 3.89. The lowest BCUT2D eigenvalue weighted by Gasteiger charge is -2.36. The van der Waals surface area contributed by atoms with E-state index < -0.39 is 0 Å². The summed E-state index contributed by atoms with van der Waals surface area (Å²) in [6.07, 6.45) is 10.5. The van der Waals surface area contributed by atoms with Crippen LogP contribution in [-0.4, -0.2) is 5.78 Å². The fourth-order valence-electron chi connectivity index (χ4n) is 3.89. The van der Waals surface area contributed by atoms with Gasteiger partial charge in [0.25, 0.3) is 0 Å². The molecule has 2 aliphatic rings. The van der Waals surface area contributed by atoms with Crippen LogP contribution in [0.4, 0.5) is 0 Å². The summed E-state index contributed by atoms with van der Waals surface area (Å²) >= 11 is 0. The van der Waals surface area contributed by atoms with E-state index in [-0.39, 0.29) is 0 Å². The fraction of sp³-hybridized carbons (Fsp3) is 0.952. The van der Waals surface area contributed by atoms with Crippen LogP contribution in [0.3, 0.4) is 0 Å². The third-order valence-electron chi connectivity index (χ3n) is 6.24. The van der Waals surface area contributed by atoms with Gasteiger partial charge in [0.15, 0.2) is 0 Å².